The monoisotopic (exact) mass is 310 g/mol. The number of aldehydes is 1. The van der Waals surface area contributed by atoms with Crippen molar-refractivity contribution in [3.63, 3.8) is 0 Å². The second-order valence-electron chi connectivity index (χ2n) is 5.25. The molecule has 1 fully saturated rings. The maximum Gasteiger partial charge on any atom is 0.407 e. The number of alkyl carbamates (subject to hydrolysis) is 1. The first kappa shape index (κ1) is 15.6. The molecule has 1 aliphatic rings. The zero-order valence-electron chi connectivity index (χ0n) is 12.1. The number of para-hydroxylation sites is 1. The van der Waals surface area contributed by atoms with Gasteiger partial charge in [-0.05, 0) is 24.5 Å². The Balaban J connectivity index is 2.22. The Morgan fingerprint density at radius 1 is 1.52 bits per heavy atom. The molecule has 0 unspecified atom stereocenters. The van der Waals surface area contributed by atoms with E-state index in [1.807, 2.05) is 4.90 Å². The smallest absolute Gasteiger partial charge is 0.407 e. The van der Waals surface area contributed by atoms with Gasteiger partial charge in [-0.3, -0.25) is 4.79 Å². The van der Waals surface area contributed by atoms with Crippen LogP contribution in [-0.2, 0) is 4.74 Å². The van der Waals surface area contributed by atoms with Crippen LogP contribution < -0.4 is 10.2 Å². The predicted molar refractivity (Wildman–Crippen MR) is 82.2 cm³/mol. The fraction of sp³-hybridized carbons (Fsp3) is 0.467. The van der Waals surface area contributed by atoms with Crippen molar-refractivity contribution in [3.05, 3.63) is 28.8 Å². The fourth-order valence-corrected chi connectivity index (χ4v) is 2.93. The van der Waals surface area contributed by atoms with E-state index in [0.717, 1.165) is 24.9 Å². The highest BCUT2D eigenvalue weighted by molar-refractivity contribution is 6.33. The van der Waals surface area contributed by atoms with Gasteiger partial charge in [-0.15, -0.1) is 0 Å². The van der Waals surface area contributed by atoms with Crippen LogP contribution in [0.4, 0.5) is 10.5 Å². The first-order chi connectivity index (χ1) is 10.1. The Labute approximate surface area is 129 Å². The topological polar surface area (TPSA) is 58.6 Å². The maximum atomic E-state index is 11.4. The van der Waals surface area contributed by atoms with Crippen LogP contribution in [0.5, 0.6) is 0 Å². The molecular weight excluding hydrogens is 292 g/mol. The van der Waals surface area contributed by atoms with Gasteiger partial charge in [0.25, 0.3) is 0 Å². The first-order valence-corrected chi connectivity index (χ1v) is 7.27. The third kappa shape index (κ3) is 3.47. The summed E-state index contributed by atoms with van der Waals surface area (Å²) < 4.78 is 4.66. The lowest BCUT2D eigenvalue weighted by Crippen LogP contribution is -2.52. The number of nitrogens with one attached hydrogen (secondary N) is 1. The summed E-state index contributed by atoms with van der Waals surface area (Å²) in [4.78, 5) is 24.7. The number of amides is 1. The van der Waals surface area contributed by atoms with Gasteiger partial charge < -0.3 is 15.0 Å². The van der Waals surface area contributed by atoms with Crippen molar-refractivity contribution >= 4 is 29.7 Å². The molecule has 1 aliphatic heterocycles. The van der Waals surface area contributed by atoms with Crippen LogP contribution in [0, 0.1) is 5.92 Å². The lowest BCUT2D eigenvalue weighted by atomic mass is 9.93. The lowest BCUT2D eigenvalue weighted by molar-refractivity contribution is 0.112. The Kier molecular flexibility index (Phi) is 5.07. The molecule has 0 aliphatic carbocycles. The minimum absolute atomic E-state index is 0.0398. The molecule has 1 amide bonds. The van der Waals surface area contributed by atoms with Crippen molar-refractivity contribution in [2.75, 3.05) is 25.1 Å². The number of carbonyl (C=O) groups is 2. The van der Waals surface area contributed by atoms with Gasteiger partial charge in [-0.2, -0.15) is 0 Å². The number of rotatable bonds is 3. The standard InChI is InChI=1S/C15H19ClN2O3/c1-10-6-7-18(8-13(10)17-15(20)21-2)14-11(9-19)4-3-5-12(14)16/h3-5,9-10,13H,6-8H2,1-2H3,(H,17,20)/t10-,13-/m0/s1. The van der Waals surface area contributed by atoms with Gasteiger partial charge in [0.1, 0.15) is 0 Å². The zero-order valence-corrected chi connectivity index (χ0v) is 12.9. The molecule has 2 atom stereocenters. The van der Waals surface area contributed by atoms with E-state index in [-0.39, 0.29) is 6.04 Å². The van der Waals surface area contributed by atoms with Crippen LogP contribution in [0.3, 0.4) is 0 Å². The number of piperidine rings is 1. The molecule has 0 bridgehead atoms. The number of hydrogen-bond donors (Lipinski definition) is 1. The number of benzene rings is 1. The Morgan fingerprint density at radius 2 is 2.29 bits per heavy atom. The Bertz CT molecular complexity index is 536. The molecule has 0 radical (unpaired) electrons. The molecule has 2 rings (SSSR count). The van der Waals surface area contributed by atoms with Crippen LogP contribution >= 0.6 is 11.6 Å². The highest BCUT2D eigenvalue weighted by atomic mass is 35.5. The van der Waals surface area contributed by atoms with Gasteiger partial charge in [-0.1, -0.05) is 24.6 Å². The largest absolute Gasteiger partial charge is 0.453 e. The van der Waals surface area contributed by atoms with Crippen molar-refractivity contribution in [3.8, 4) is 0 Å². The number of methoxy groups -OCH3 is 1. The summed E-state index contributed by atoms with van der Waals surface area (Å²) in [5.41, 5.74) is 1.30. The van der Waals surface area contributed by atoms with Crippen molar-refractivity contribution in [1.82, 2.24) is 5.32 Å². The van der Waals surface area contributed by atoms with E-state index in [4.69, 9.17) is 11.6 Å². The molecule has 5 nitrogen and oxygen atoms in total. The molecule has 1 N–H and O–H groups in total. The molecule has 1 heterocycles. The number of halogens is 1. The highest BCUT2D eigenvalue weighted by Crippen LogP contribution is 2.32. The molecule has 1 saturated heterocycles. The van der Waals surface area contributed by atoms with E-state index >= 15 is 0 Å². The predicted octanol–water partition coefficient (Wildman–Crippen LogP) is 2.72. The van der Waals surface area contributed by atoms with Gasteiger partial charge in [0.05, 0.1) is 23.9 Å². The second-order valence-corrected chi connectivity index (χ2v) is 5.66. The number of nitrogens with zero attached hydrogens (tertiary/aromatic N) is 1. The van der Waals surface area contributed by atoms with E-state index in [9.17, 15) is 9.59 Å². The van der Waals surface area contributed by atoms with E-state index in [1.54, 1.807) is 18.2 Å². The first-order valence-electron chi connectivity index (χ1n) is 6.90. The Hall–Kier alpha value is -1.75. The van der Waals surface area contributed by atoms with Crippen LogP contribution in [0.25, 0.3) is 0 Å². The molecule has 21 heavy (non-hydrogen) atoms. The summed E-state index contributed by atoms with van der Waals surface area (Å²) in [6, 6.07) is 5.23. The summed E-state index contributed by atoms with van der Waals surface area (Å²) in [6.07, 6.45) is 1.27. The average molecular weight is 311 g/mol. The Morgan fingerprint density at radius 3 is 2.95 bits per heavy atom. The third-order valence-electron chi connectivity index (χ3n) is 3.91. The van der Waals surface area contributed by atoms with Crippen molar-refractivity contribution < 1.29 is 14.3 Å². The van der Waals surface area contributed by atoms with Crippen LogP contribution in [0.1, 0.15) is 23.7 Å². The number of anilines is 1. The molecule has 0 spiro atoms. The zero-order chi connectivity index (χ0) is 15.4. The number of hydrogen-bond acceptors (Lipinski definition) is 4. The summed E-state index contributed by atoms with van der Waals surface area (Å²) in [5, 5.41) is 3.39. The van der Waals surface area contributed by atoms with Gasteiger partial charge in [-0.25, -0.2) is 4.79 Å². The van der Waals surface area contributed by atoms with Crippen LogP contribution in [-0.4, -0.2) is 38.6 Å². The lowest BCUT2D eigenvalue weighted by Gasteiger charge is -2.39. The molecule has 1 aromatic carbocycles. The normalized spacial score (nSPS) is 21.8. The maximum absolute atomic E-state index is 11.4. The van der Waals surface area contributed by atoms with Gasteiger partial charge >= 0.3 is 6.09 Å². The molecule has 6 heteroatoms. The molecular formula is C15H19ClN2O3. The van der Waals surface area contributed by atoms with Crippen molar-refractivity contribution in [2.45, 2.75) is 19.4 Å². The summed E-state index contributed by atoms with van der Waals surface area (Å²) in [7, 11) is 1.35. The molecule has 0 saturated carbocycles. The molecule has 1 aromatic rings. The third-order valence-corrected chi connectivity index (χ3v) is 4.21. The van der Waals surface area contributed by atoms with E-state index in [0.29, 0.717) is 23.0 Å². The van der Waals surface area contributed by atoms with E-state index in [2.05, 4.69) is 17.0 Å². The highest BCUT2D eigenvalue weighted by Gasteiger charge is 2.29. The van der Waals surface area contributed by atoms with Crippen LogP contribution in [0.2, 0.25) is 5.02 Å². The summed E-state index contributed by atoms with van der Waals surface area (Å²) in [5.74, 6) is 0.336. The summed E-state index contributed by atoms with van der Waals surface area (Å²) >= 11 is 6.25. The van der Waals surface area contributed by atoms with Gasteiger partial charge in [0, 0.05) is 18.7 Å². The minimum atomic E-state index is -0.441. The second kappa shape index (κ2) is 6.80. The number of ether oxygens (including phenoxy) is 1. The van der Waals surface area contributed by atoms with E-state index in [1.165, 1.54) is 7.11 Å². The quantitative estimate of drug-likeness (QED) is 0.872. The van der Waals surface area contributed by atoms with Gasteiger partial charge in [0.15, 0.2) is 6.29 Å². The SMILES string of the molecule is COC(=O)N[C@H]1CN(c2c(Cl)cccc2C=O)CC[C@@H]1C. The minimum Gasteiger partial charge on any atom is -0.453 e. The van der Waals surface area contributed by atoms with E-state index < -0.39 is 6.09 Å². The van der Waals surface area contributed by atoms with Crippen molar-refractivity contribution in [2.24, 2.45) is 5.92 Å². The number of carbonyl (C=O) groups excluding carboxylic acids is 2. The molecule has 114 valence electrons. The fourth-order valence-electron chi connectivity index (χ4n) is 2.63. The summed E-state index contributed by atoms with van der Waals surface area (Å²) in [6.45, 7) is 3.48. The van der Waals surface area contributed by atoms with Crippen LogP contribution in [0.15, 0.2) is 18.2 Å². The molecule has 0 aromatic heterocycles. The van der Waals surface area contributed by atoms with Crippen molar-refractivity contribution in [1.29, 1.82) is 0 Å². The van der Waals surface area contributed by atoms with Gasteiger partial charge in [0.2, 0.25) is 0 Å². The average Bonchev–Trinajstić information content (AvgIpc) is 2.49.